The highest BCUT2D eigenvalue weighted by molar-refractivity contribution is 9.10. The summed E-state index contributed by atoms with van der Waals surface area (Å²) < 4.78 is 33.2. The molecule has 0 amide bonds. The second-order valence-electron chi connectivity index (χ2n) is 5.17. The Morgan fingerprint density at radius 3 is 2.67 bits per heavy atom. The number of rotatable bonds is 5. The third kappa shape index (κ3) is 3.38. The molecule has 2 rings (SSSR count). The maximum Gasteiger partial charge on any atom is 0.322 e. The highest BCUT2D eigenvalue weighted by atomic mass is 79.9. The van der Waals surface area contributed by atoms with Crippen LogP contribution in [0.15, 0.2) is 21.5 Å². The van der Waals surface area contributed by atoms with Gasteiger partial charge in [0.2, 0.25) is 10.0 Å². The molecular formula is C13H16BrNO5S. The third-order valence-corrected chi connectivity index (χ3v) is 5.12. The molecule has 116 valence electrons. The third-order valence-electron chi connectivity index (χ3n) is 3.22. The van der Waals surface area contributed by atoms with E-state index >= 15 is 0 Å². The first-order chi connectivity index (χ1) is 9.72. The average molecular weight is 378 g/mol. The second kappa shape index (κ2) is 5.94. The molecule has 0 unspecified atom stereocenters. The fourth-order valence-corrected chi connectivity index (χ4v) is 4.34. The zero-order valence-corrected chi connectivity index (χ0v) is 14.0. The predicted octanol–water partition coefficient (Wildman–Crippen LogP) is 1.77. The lowest BCUT2D eigenvalue weighted by atomic mass is 10.1. The van der Waals surface area contributed by atoms with Crippen LogP contribution in [0.5, 0.6) is 5.75 Å². The number of ether oxygens (including phenoxy) is 1. The Bertz CT molecular complexity index is 671. The highest BCUT2D eigenvalue weighted by Crippen LogP contribution is 2.35. The van der Waals surface area contributed by atoms with Crippen LogP contribution in [0.3, 0.4) is 0 Å². The van der Waals surface area contributed by atoms with Gasteiger partial charge in [-0.05, 0) is 18.1 Å². The van der Waals surface area contributed by atoms with E-state index in [0.29, 0.717) is 23.2 Å². The van der Waals surface area contributed by atoms with Gasteiger partial charge < -0.3 is 9.84 Å². The molecule has 0 aliphatic carbocycles. The van der Waals surface area contributed by atoms with Crippen LogP contribution < -0.4 is 9.46 Å². The van der Waals surface area contributed by atoms with Gasteiger partial charge in [0, 0.05) is 16.5 Å². The van der Waals surface area contributed by atoms with Gasteiger partial charge in [-0.2, -0.15) is 4.72 Å². The molecule has 21 heavy (non-hydrogen) atoms. The summed E-state index contributed by atoms with van der Waals surface area (Å²) >= 11 is 3.27. The summed E-state index contributed by atoms with van der Waals surface area (Å²) in [6.07, 6.45) is 0.629. The van der Waals surface area contributed by atoms with Crippen molar-refractivity contribution in [1.82, 2.24) is 4.72 Å². The van der Waals surface area contributed by atoms with Gasteiger partial charge in [0.15, 0.2) is 0 Å². The van der Waals surface area contributed by atoms with E-state index in [1.807, 2.05) is 0 Å². The largest absolute Gasteiger partial charge is 0.492 e. The van der Waals surface area contributed by atoms with Crippen molar-refractivity contribution >= 4 is 31.9 Å². The van der Waals surface area contributed by atoms with Crippen molar-refractivity contribution in [3.63, 3.8) is 0 Å². The molecule has 1 aromatic rings. The number of hydrogen-bond donors (Lipinski definition) is 2. The first kappa shape index (κ1) is 16.3. The summed E-state index contributed by atoms with van der Waals surface area (Å²) in [5.41, 5.74) is 0.793. The number of fused-ring (bicyclic) bond motifs is 1. The molecule has 1 aliphatic heterocycles. The van der Waals surface area contributed by atoms with Crippen LogP contribution in [0.4, 0.5) is 0 Å². The summed E-state index contributed by atoms with van der Waals surface area (Å²) in [4.78, 5) is 11.2. The number of sulfonamides is 1. The Hall–Kier alpha value is -1.12. The molecule has 0 spiro atoms. The van der Waals surface area contributed by atoms with E-state index in [1.165, 1.54) is 6.07 Å². The molecule has 0 saturated heterocycles. The van der Waals surface area contributed by atoms with Crippen LogP contribution >= 0.6 is 15.9 Å². The Kier molecular flexibility index (Phi) is 4.60. The number of nitrogens with one attached hydrogen (secondary N) is 1. The number of halogens is 1. The number of benzene rings is 1. The molecule has 1 atom stereocenters. The molecule has 2 N–H and O–H groups in total. The van der Waals surface area contributed by atoms with Crippen LogP contribution in [0.1, 0.15) is 19.4 Å². The normalized spacial score (nSPS) is 15.6. The molecule has 0 saturated carbocycles. The predicted molar refractivity (Wildman–Crippen MR) is 79.9 cm³/mol. The van der Waals surface area contributed by atoms with E-state index in [0.717, 1.165) is 5.56 Å². The Balaban J connectivity index is 2.43. The van der Waals surface area contributed by atoms with E-state index < -0.39 is 22.0 Å². The van der Waals surface area contributed by atoms with Crippen LogP contribution in [-0.4, -0.2) is 32.1 Å². The van der Waals surface area contributed by atoms with Crippen molar-refractivity contribution in [3.05, 3.63) is 22.2 Å². The molecule has 6 nitrogen and oxygen atoms in total. The van der Waals surface area contributed by atoms with Crippen molar-refractivity contribution in [2.24, 2.45) is 5.92 Å². The van der Waals surface area contributed by atoms with Crippen molar-refractivity contribution in [1.29, 1.82) is 0 Å². The minimum Gasteiger partial charge on any atom is -0.492 e. The monoisotopic (exact) mass is 377 g/mol. The lowest BCUT2D eigenvalue weighted by Crippen LogP contribution is -2.44. The Morgan fingerprint density at radius 2 is 2.10 bits per heavy atom. The number of hydrogen-bond acceptors (Lipinski definition) is 4. The molecule has 0 fully saturated rings. The zero-order valence-electron chi connectivity index (χ0n) is 11.6. The first-order valence-corrected chi connectivity index (χ1v) is 8.70. The molecule has 0 radical (unpaired) electrons. The Labute approximate surface area is 131 Å². The van der Waals surface area contributed by atoms with E-state index in [1.54, 1.807) is 19.9 Å². The molecule has 8 heteroatoms. The SMILES string of the molecule is CC(C)[C@H](NS(=O)(=O)c1cc(Br)cc2c1OCC2)C(=O)O. The van der Waals surface area contributed by atoms with Crippen molar-refractivity contribution in [3.8, 4) is 5.75 Å². The van der Waals surface area contributed by atoms with Crippen LogP contribution in [0.25, 0.3) is 0 Å². The molecule has 1 aromatic carbocycles. The first-order valence-electron chi connectivity index (χ1n) is 6.42. The van der Waals surface area contributed by atoms with Crippen molar-refractivity contribution in [2.45, 2.75) is 31.2 Å². The number of carboxylic acid groups (broad SMARTS) is 1. The zero-order chi connectivity index (χ0) is 15.8. The van der Waals surface area contributed by atoms with Gasteiger partial charge in [0.05, 0.1) is 6.61 Å². The fraction of sp³-hybridized carbons (Fsp3) is 0.462. The maximum absolute atomic E-state index is 12.5. The van der Waals surface area contributed by atoms with Gasteiger partial charge in [-0.1, -0.05) is 29.8 Å². The van der Waals surface area contributed by atoms with Gasteiger partial charge in [-0.15, -0.1) is 0 Å². The summed E-state index contributed by atoms with van der Waals surface area (Å²) in [5.74, 6) is -1.28. The summed E-state index contributed by atoms with van der Waals surface area (Å²) in [6.45, 7) is 3.70. The lowest BCUT2D eigenvalue weighted by Gasteiger charge is -2.19. The van der Waals surface area contributed by atoms with Gasteiger partial charge >= 0.3 is 5.97 Å². The van der Waals surface area contributed by atoms with E-state index in [2.05, 4.69) is 20.7 Å². The van der Waals surface area contributed by atoms with Crippen LogP contribution in [0, 0.1) is 5.92 Å². The van der Waals surface area contributed by atoms with Crippen LogP contribution in [-0.2, 0) is 21.2 Å². The van der Waals surface area contributed by atoms with Gasteiger partial charge in [-0.3, -0.25) is 4.79 Å². The fourth-order valence-electron chi connectivity index (χ4n) is 2.14. The van der Waals surface area contributed by atoms with Gasteiger partial charge in [0.25, 0.3) is 0 Å². The molecule has 1 heterocycles. The van der Waals surface area contributed by atoms with E-state index in [9.17, 15) is 13.2 Å². The van der Waals surface area contributed by atoms with Crippen molar-refractivity contribution < 1.29 is 23.1 Å². The number of carbonyl (C=O) groups is 1. The topological polar surface area (TPSA) is 92.7 Å². The number of carboxylic acids is 1. The molecule has 1 aliphatic rings. The minimum atomic E-state index is -3.98. The standard InChI is InChI=1S/C13H16BrNO5S/c1-7(2)11(13(16)17)15-21(18,19)10-6-9(14)5-8-3-4-20-12(8)10/h5-7,11,15H,3-4H2,1-2H3,(H,16,17)/t11-/m0/s1. The maximum atomic E-state index is 12.5. The van der Waals surface area contributed by atoms with Crippen LogP contribution in [0.2, 0.25) is 0 Å². The lowest BCUT2D eigenvalue weighted by molar-refractivity contribution is -0.140. The van der Waals surface area contributed by atoms with Gasteiger partial charge in [0.1, 0.15) is 16.7 Å². The Morgan fingerprint density at radius 1 is 1.43 bits per heavy atom. The quantitative estimate of drug-likeness (QED) is 0.815. The number of aliphatic carboxylic acids is 1. The molecule has 0 aromatic heterocycles. The highest BCUT2D eigenvalue weighted by Gasteiger charge is 2.32. The van der Waals surface area contributed by atoms with E-state index in [-0.39, 0.29) is 10.8 Å². The molecular weight excluding hydrogens is 362 g/mol. The minimum absolute atomic E-state index is 0.0312. The summed E-state index contributed by atoms with van der Waals surface area (Å²) in [6, 6.07) is 2.04. The summed E-state index contributed by atoms with van der Waals surface area (Å²) in [5, 5.41) is 9.13. The molecule has 0 bridgehead atoms. The van der Waals surface area contributed by atoms with E-state index in [4.69, 9.17) is 9.84 Å². The van der Waals surface area contributed by atoms with Crippen molar-refractivity contribution in [2.75, 3.05) is 6.61 Å². The summed E-state index contributed by atoms with van der Waals surface area (Å²) in [7, 11) is -3.98. The van der Waals surface area contributed by atoms with Gasteiger partial charge in [-0.25, -0.2) is 8.42 Å². The smallest absolute Gasteiger partial charge is 0.322 e. The average Bonchev–Trinajstić information content (AvgIpc) is 2.82. The second-order valence-corrected chi connectivity index (χ2v) is 7.77.